The molecule has 1 heterocycles. The van der Waals surface area contributed by atoms with E-state index in [1.54, 1.807) is 0 Å². The van der Waals surface area contributed by atoms with Crippen LogP contribution in [0.5, 0.6) is 5.88 Å². The van der Waals surface area contributed by atoms with Gasteiger partial charge in [-0.05, 0) is 20.8 Å². The minimum absolute atomic E-state index is 0.128. The van der Waals surface area contributed by atoms with E-state index in [1.807, 2.05) is 20.8 Å². The molecule has 0 spiro atoms. The van der Waals surface area contributed by atoms with E-state index < -0.39 is 0 Å². The zero-order valence-electron chi connectivity index (χ0n) is 10.1. The minimum atomic E-state index is 0.128. The summed E-state index contributed by atoms with van der Waals surface area (Å²) in [7, 11) is 0. The van der Waals surface area contributed by atoms with Crippen molar-refractivity contribution >= 4 is 5.82 Å². The van der Waals surface area contributed by atoms with Crippen LogP contribution in [0.25, 0.3) is 0 Å². The first-order valence-electron chi connectivity index (χ1n) is 5.51. The third-order valence-corrected chi connectivity index (χ3v) is 2.10. The zero-order valence-corrected chi connectivity index (χ0v) is 10.1. The molecule has 2 N–H and O–H groups in total. The van der Waals surface area contributed by atoms with E-state index in [-0.39, 0.29) is 6.61 Å². The molecule has 1 aromatic rings. The number of nitrogens with one attached hydrogen (secondary N) is 1. The van der Waals surface area contributed by atoms with Crippen molar-refractivity contribution in [3.8, 4) is 5.88 Å². The monoisotopic (exact) mass is 225 g/mol. The fourth-order valence-electron chi connectivity index (χ4n) is 1.32. The first-order valence-corrected chi connectivity index (χ1v) is 5.51. The van der Waals surface area contributed by atoms with Crippen LogP contribution in [-0.4, -0.2) is 34.8 Å². The van der Waals surface area contributed by atoms with Gasteiger partial charge >= 0.3 is 0 Å². The summed E-state index contributed by atoms with van der Waals surface area (Å²) in [4.78, 5) is 8.53. The van der Waals surface area contributed by atoms with Crippen molar-refractivity contribution < 1.29 is 9.84 Å². The first-order chi connectivity index (χ1) is 7.69. The van der Waals surface area contributed by atoms with Gasteiger partial charge in [0.25, 0.3) is 0 Å². The lowest BCUT2D eigenvalue weighted by molar-refractivity contribution is 0.228. The van der Waals surface area contributed by atoms with Crippen LogP contribution in [0.3, 0.4) is 0 Å². The Bertz CT molecular complexity index is 342. The number of anilines is 1. The molecule has 0 aliphatic rings. The summed E-state index contributed by atoms with van der Waals surface area (Å²) in [5, 5.41) is 11.8. The van der Waals surface area contributed by atoms with E-state index in [2.05, 4.69) is 15.3 Å². The van der Waals surface area contributed by atoms with Gasteiger partial charge in [-0.3, -0.25) is 0 Å². The molecule has 1 rings (SSSR count). The largest absolute Gasteiger partial charge is 0.477 e. The van der Waals surface area contributed by atoms with Gasteiger partial charge in [0.15, 0.2) is 0 Å². The molecule has 0 radical (unpaired) electrons. The predicted molar refractivity (Wildman–Crippen MR) is 62.9 cm³/mol. The van der Waals surface area contributed by atoms with Crippen LogP contribution in [0.1, 0.15) is 24.7 Å². The van der Waals surface area contributed by atoms with E-state index >= 15 is 0 Å². The molecule has 0 bridgehead atoms. The Balaban J connectivity index is 2.81. The van der Waals surface area contributed by atoms with Crippen LogP contribution in [0, 0.1) is 13.8 Å². The van der Waals surface area contributed by atoms with Gasteiger partial charge in [0.1, 0.15) is 11.6 Å². The summed E-state index contributed by atoms with van der Waals surface area (Å²) in [6.07, 6.45) is 0.610. The lowest BCUT2D eigenvalue weighted by Gasteiger charge is -2.12. The van der Waals surface area contributed by atoms with E-state index in [9.17, 15) is 0 Å². The summed E-state index contributed by atoms with van der Waals surface area (Å²) >= 11 is 0. The fraction of sp³-hybridized carbons (Fsp3) is 0.636. The van der Waals surface area contributed by atoms with Crippen molar-refractivity contribution in [2.45, 2.75) is 27.2 Å². The summed E-state index contributed by atoms with van der Waals surface area (Å²) in [5.74, 6) is 2.09. The van der Waals surface area contributed by atoms with Gasteiger partial charge in [0.05, 0.1) is 12.2 Å². The Hall–Kier alpha value is -1.36. The van der Waals surface area contributed by atoms with Crippen molar-refractivity contribution in [2.24, 2.45) is 0 Å². The number of rotatable bonds is 6. The summed E-state index contributed by atoms with van der Waals surface area (Å²) in [6, 6.07) is 0. The molecule has 0 aromatic carbocycles. The second kappa shape index (κ2) is 6.27. The average Bonchev–Trinajstić information content (AvgIpc) is 2.25. The average molecular weight is 225 g/mol. The van der Waals surface area contributed by atoms with Gasteiger partial charge in [-0.2, -0.15) is 4.98 Å². The van der Waals surface area contributed by atoms with Gasteiger partial charge in [-0.1, -0.05) is 0 Å². The Morgan fingerprint density at radius 2 is 2.06 bits per heavy atom. The second-order valence-corrected chi connectivity index (χ2v) is 3.51. The van der Waals surface area contributed by atoms with Crippen molar-refractivity contribution in [3.63, 3.8) is 0 Å². The lowest BCUT2D eigenvalue weighted by atomic mass is 10.3. The van der Waals surface area contributed by atoms with Crippen molar-refractivity contribution in [1.29, 1.82) is 0 Å². The maximum atomic E-state index is 8.68. The SMILES string of the molecule is CCNc1nc(C)nc(OCCCO)c1C. The molecule has 0 saturated carbocycles. The molecule has 5 nitrogen and oxygen atoms in total. The van der Waals surface area contributed by atoms with Gasteiger partial charge in [-0.15, -0.1) is 0 Å². The van der Waals surface area contributed by atoms with Crippen LogP contribution in [0.15, 0.2) is 0 Å². The van der Waals surface area contributed by atoms with Crippen LogP contribution < -0.4 is 10.1 Å². The molecule has 1 aromatic heterocycles. The van der Waals surface area contributed by atoms with Gasteiger partial charge < -0.3 is 15.2 Å². The molecule has 90 valence electrons. The molecule has 16 heavy (non-hydrogen) atoms. The number of aryl methyl sites for hydroxylation is 1. The molecule has 0 atom stereocenters. The van der Waals surface area contributed by atoms with Gasteiger partial charge in [-0.25, -0.2) is 4.98 Å². The highest BCUT2D eigenvalue weighted by Crippen LogP contribution is 2.21. The van der Waals surface area contributed by atoms with E-state index in [0.717, 1.165) is 17.9 Å². The number of aliphatic hydroxyl groups is 1. The van der Waals surface area contributed by atoms with Crippen LogP contribution in [-0.2, 0) is 0 Å². The third-order valence-electron chi connectivity index (χ3n) is 2.10. The molecule has 0 fully saturated rings. The van der Waals surface area contributed by atoms with Crippen LogP contribution in [0.2, 0.25) is 0 Å². The van der Waals surface area contributed by atoms with Crippen molar-refractivity contribution in [1.82, 2.24) is 9.97 Å². The van der Waals surface area contributed by atoms with Crippen LogP contribution in [0.4, 0.5) is 5.82 Å². The number of nitrogens with zero attached hydrogens (tertiary/aromatic N) is 2. The molecule has 5 heteroatoms. The number of ether oxygens (including phenoxy) is 1. The Morgan fingerprint density at radius 3 is 2.69 bits per heavy atom. The van der Waals surface area contributed by atoms with Crippen molar-refractivity contribution in [2.75, 3.05) is 25.1 Å². The maximum Gasteiger partial charge on any atom is 0.221 e. The predicted octanol–water partition coefficient (Wildman–Crippen LogP) is 1.29. The second-order valence-electron chi connectivity index (χ2n) is 3.51. The summed E-state index contributed by atoms with van der Waals surface area (Å²) in [6.45, 7) is 7.18. The molecule has 0 aliphatic heterocycles. The topological polar surface area (TPSA) is 67.3 Å². The minimum Gasteiger partial charge on any atom is -0.477 e. The van der Waals surface area contributed by atoms with Gasteiger partial charge in [0.2, 0.25) is 5.88 Å². The standard InChI is InChI=1S/C11H19N3O2/c1-4-12-10-8(2)11(14-9(3)13-10)16-7-5-6-15/h15H,4-7H2,1-3H3,(H,12,13,14). The highest BCUT2D eigenvalue weighted by molar-refractivity contribution is 5.48. The van der Waals surface area contributed by atoms with E-state index in [1.165, 1.54) is 0 Å². The Kier molecular flexibility index (Phi) is 4.98. The summed E-state index contributed by atoms with van der Waals surface area (Å²) < 4.78 is 5.49. The normalized spacial score (nSPS) is 10.2. The number of hydrogen-bond acceptors (Lipinski definition) is 5. The number of aliphatic hydroxyl groups excluding tert-OH is 1. The number of hydrogen-bond donors (Lipinski definition) is 2. The number of aromatic nitrogens is 2. The fourth-order valence-corrected chi connectivity index (χ4v) is 1.32. The third kappa shape index (κ3) is 3.34. The highest BCUT2D eigenvalue weighted by Gasteiger charge is 2.09. The molecule has 0 saturated heterocycles. The molecule has 0 amide bonds. The quantitative estimate of drug-likeness (QED) is 0.714. The van der Waals surface area contributed by atoms with Crippen LogP contribution >= 0.6 is 0 Å². The molecule has 0 aliphatic carbocycles. The highest BCUT2D eigenvalue weighted by atomic mass is 16.5. The van der Waals surface area contributed by atoms with E-state index in [4.69, 9.17) is 9.84 Å². The lowest BCUT2D eigenvalue weighted by Crippen LogP contribution is -2.09. The Labute approximate surface area is 95.9 Å². The first kappa shape index (κ1) is 12.7. The molecular formula is C11H19N3O2. The zero-order chi connectivity index (χ0) is 12.0. The van der Waals surface area contributed by atoms with Gasteiger partial charge in [0, 0.05) is 19.6 Å². The molecular weight excluding hydrogens is 206 g/mol. The summed E-state index contributed by atoms with van der Waals surface area (Å²) in [5.41, 5.74) is 0.908. The van der Waals surface area contributed by atoms with E-state index in [0.29, 0.717) is 24.7 Å². The maximum absolute atomic E-state index is 8.68. The molecule has 0 unspecified atom stereocenters. The smallest absolute Gasteiger partial charge is 0.221 e. The Morgan fingerprint density at radius 1 is 1.31 bits per heavy atom. The van der Waals surface area contributed by atoms with Crippen molar-refractivity contribution in [3.05, 3.63) is 11.4 Å².